The van der Waals surface area contributed by atoms with Gasteiger partial charge in [0, 0.05) is 6.04 Å². The number of carbonyl (C=O) groups excluding carboxylic acids is 1. The summed E-state index contributed by atoms with van der Waals surface area (Å²) in [6.45, 7) is 3.40. The van der Waals surface area contributed by atoms with Crippen LogP contribution < -0.4 is 5.32 Å². The zero-order chi connectivity index (χ0) is 8.97. The quantitative estimate of drug-likeness (QED) is 0.519. The molecule has 0 saturated heterocycles. The van der Waals surface area contributed by atoms with E-state index < -0.39 is 0 Å². The topological polar surface area (TPSA) is 29.1 Å². The van der Waals surface area contributed by atoms with E-state index in [1.165, 1.54) is 12.5 Å². The normalized spacial score (nSPS) is 29.4. The highest BCUT2D eigenvalue weighted by Crippen LogP contribution is 2.22. The van der Waals surface area contributed by atoms with E-state index in [0.29, 0.717) is 0 Å². The first kappa shape index (κ1) is 9.59. The lowest BCUT2D eigenvalue weighted by atomic mass is 9.95. The van der Waals surface area contributed by atoms with Crippen LogP contribution in [0.4, 0.5) is 0 Å². The van der Waals surface area contributed by atoms with Crippen molar-refractivity contribution < 1.29 is 4.79 Å². The van der Waals surface area contributed by atoms with Crippen molar-refractivity contribution in [2.45, 2.75) is 37.1 Å². The van der Waals surface area contributed by atoms with Gasteiger partial charge in [0.15, 0.2) is 0 Å². The second kappa shape index (κ2) is 4.51. The standard InChI is InChI=1S/C9H14ClNO/c1-2-9(12)11-8-6-4-3-5-7(8)10/h2,7-8H,1,3-6H2,(H,11,12). The maximum absolute atomic E-state index is 10.9. The Morgan fingerprint density at radius 1 is 1.50 bits per heavy atom. The Kier molecular flexibility index (Phi) is 3.60. The van der Waals surface area contributed by atoms with Crippen molar-refractivity contribution >= 4 is 17.5 Å². The Morgan fingerprint density at radius 2 is 2.17 bits per heavy atom. The fourth-order valence-electron chi connectivity index (χ4n) is 1.49. The highest BCUT2D eigenvalue weighted by atomic mass is 35.5. The van der Waals surface area contributed by atoms with Gasteiger partial charge in [0.2, 0.25) is 5.91 Å². The van der Waals surface area contributed by atoms with Gasteiger partial charge in [-0.2, -0.15) is 0 Å². The van der Waals surface area contributed by atoms with Crippen LogP contribution in [0.2, 0.25) is 0 Å². The smallest absolute Gasteiger partial charge is 0.243 e. The van der Waals surface area contributed by atoms with Gasteiger partial charge in [0.05, 0.1) is 5.38 Å². The summed E-state index contributed by atoms with van der Waals surface area (Å²) in [4.78, 5) is 10.9. The van der Waals surface area contributed by atoms with Crippen molar-refractivity contribution in [3.63, 3.8) is 0 Å². The molecule has 68 valence electrons. The first-order chi connectivity index (χ1) is 5.74. The van der Waals surface area contributed by atoms with Gasteiger partial charge in [-0.1, -0.05) is 19.4 Å². The van der Waals surface area contributed by atoms with Crippen LogP contribution >= 0.6 is 11.6 Å². The lowest BCUT2D eigenvalue weighted by Gasteiger charge is -2.27. The second-order valence-electron chi connectivity index (χ2n) is 3.12. The molecule has 0 radical (unpaired) electrons. The number of carbonyl (C=O) groups is 1. The molecule has 2 unspecified atom stereocenters. The van der Waals surface area contributed by atoms with Gasteiger partial charge in [-0.25, -0.2) is 0 Å². The van der Waals surface area contributed by atoms with Crippen LogP contribution in [-0.2, 0) is 4.79 Å². The Bertz CT molecular complexity index is 181. The van der Waals surface area contributed by atoms with Gasteiger partial charge in [-0.15, -0.1) is 11.6 Å². The molecule has 2 nitrogen and oxygen atoms in total. The van der Waals surface area contributed by atoms with E-state index in [4.69, 9.17) is 11.6 Å². The molecule has 0 aromatic rings. The summed E-state index contributed by atoms with van der Waals surface area (Å²) in [5.41, 5.74) is 0. The lowest BCUT2D eigenvalue weighted by molar-refractivity contribution is -0.117. The molecule has 0 aromatic carbocycles. The summed E-state index contributed by atoms with van der Waals surface area (Å²) >= 11 is 6.03. The largest absolute Gasteiger partial charge is 0.348 e. The summed E-state index contributed by atoms with van der Waals surface area (Å²) in [7, 11) is 0. The highest BCUT2D eigenvalue weighted by Gasteiger charge is 2.23. The molecule has 1 rings (SSSR count). The number of nitrogens with one attached hydrogen (secondary N) is 1. The molecular formula is C9H14ClNO. The predicted molar refractivity (Wildman–Crippen MR) is 50.2 cm³/mol. The van der Waals surface area contributed by atoms with Crippen molar-refractivity contribution in [3.05, 3.63) is 12.7 Å². The van der Waals surface area contributed by atoms with Gasteiger partial charge in [-0.05, 0) is 18.9 Å². The van der Waals surface area contributed by atoms with Gasteiger partial charge < -0.3 is 5.32 Å². The van der Waals surface area contributed by atoms with Crippen LogP contribution in [0.15, 0.2) is 12.7 Å². The zero-order valence-electron chi connectivity index (χ0n) is 7.05. The van der Waals surface area contributed by atoms with Crippen LogP contribution in [0, 0.1) is 0 Å². The van der Waals surface area contributed by atoms with Gasteiger partial charge >= 0.3 is 0 Å². The third-order valence-electron chi connectivity index (χ3n) is 2.19. The van der Waals surface area contributed by atoms with Crippen molar-refractivity contribution in [3.8, 4) is 0 Å². The summed E-state index contributed by atoms with van der Waals surface area (Å²) < 4.78 is 0. The average molecular weight is 188 g/mol. The Morgan fingerprint density at radius 3 is 2.75 bits per heavy atom. The third kappa shape index (κ3) is 2.52. The molecule has 1 aliphatic rings. The molecule has 1 amide bonds. The molecule has 1 saturated carbocycles. The van der Waals surface area contributed by atoms with Gasteiger partial charge in [-0.3, -0.25) is 4.79 Å². The van der Waals surface area contributed by atoms with E-state index in [-0.39, 0.29) is 17.3 Å². The van der Waals surface area contributed by atoms with Crippen molar-refractivity contribution in [2.75, 3.05) is 0 Å². The molecule has 0 bridgehead atoms. The second-order valence-corrected chi connectivity index (χ2v) is 3.68. The van der Waals surface area contributed by atoms with E-state index in [9.17, 15) is 4.79 Å². The molecule has 0 aliphatic heterocycles. The van der Waals surface area contributed by atoms with Gasteiger partial charge in [0.1, 0.15) is 0 Å². The number of amides is 1. The first-order valence-corrected chi connectivity index (χ1v) is 4.74. The number of halogens is 1. The number of hydrogen-bond donors (Lipinski definition) is 1. The van der Waals surface area contributed by atoms with E-state index in [1.54, 1.807) is 0 Å². The molecule has 1 N–H and O–H groups in total. The minimum absolute atomic E-state index is 0.0997. The molecule has 2 atom stereocenters. The van der Waals surface area contributed by atoms with Crippen molar-refractivity contribution in [1.82, 2.24) is 5.32 Å². The van der Waals surface area contributed by atoms with Crippen LogP contribution in [-0.4, -0.2) is 17.3 Å². The fraction of sp³-hybridized carbons (Fsp3) is 0.667. The minimum Gasteiger partial charge on any atom is -0.348 e. The fourth-order valence-corrected chi connectivity index (χ4v) is 1.83. The molecular weight excluding hydrogens is 174 g/mol. The van der Waals surface area contributed by atoms with Crippen molar-refractivity contribution in [1.29, 1.82) is 0 Å². The molecule has 1 aliphatic carbocycles. The molecule has 12 heavy (non-hydrogen) atoms. The SMILES string of the molecule is C=CC(=O)NC1CCCCC1Cl. The summed E-state index contributed by atoms with van der Waals surface area (Å²) in [5, 5.41) is 2.93. The number of rotatable bonds is 2. The Balaban J connectivity index is 2.38. The number of hydrogen-bond acceptors (Lipinski definition) is 1. The molecule has 0 aromatic heterocycles. The van der Waals surface area contributed by atoms with E-state index >= 15 is 0 Å². The lowest BCUT2D eigenvalue weighted by Crippen LogP contribution is -2.42. The van der Waals surface area contributed by atoms with Gasteiger partial charge in [0.25, 0.3) is 0 Å². The average Bonchev–Trinajstić information content (AvgIpc) is 2.09. The van der Waals surface area contributed by atoms with Crippen LogP contribution in [0.5, 0.6) is 0 Å². The Hall–Kier alpha value is -0.500. The van der Waals surface area contributed by atoms with E-state index in [2.05, 4.69) is 11.9 Å². The van der Waals surface area contributed by atoms with E-state index in [1.807, 2.05) is 0 Å². The van der Waals surface area contributed by atoms with Crippen LogP contribution in [0.1, 0.15) is 25.7 Å². The maximum atomic E-state index is 10.9. The third-order valence-corrected chi connectivity index (χ3v) is 2.72. The summed E-state index contributed by atoms with van der Waals surface area (Å²) in [6.07, 6.45) is 5.62. The monoisotopic (exact) mass is 187 g/mol. The molecule has 0 heterocycles. The van der Waals surface area contributed by atoms with Crippen LogP contribution in [0.3, 0.4) is 0 Å². The Labute approximate surface area is 78.0 Å². The van der Waals surface area contributed by atoms with Crippen molar-refractivity contribution in [2.24, 2.45) is 0 Å². The van der Waals surface area contributed by atoms with Crippen LogP contribution in [0.25, 0.3) is 0 Å². The first-order valence-electron chi connectivity index (χ1n) is 4.31. The predicted octanol–water partition coefficient (Wildman–Crippen LogP) is 1.84. The summed E-state index contributed by atoms with van der Waals surface area (Å²) in [6, 6.07) is 0.144. The summed E-state index contributed by atoms with van der Waals surface area (Å²) in [5.74, 6) is -0.118. The molecule has 0 spiro atoms. The zero-order valence-corrected chi connectivity index (χ0v) is 7.81. The maximum Gasteiger partial charge on any atom is 0.243 e. The minimum atomic E-state index is -0.118. The number of alkyl halides is 1. The highest BCUT2D eigenvalue weighted by molar-refractivity contribution is 6.21. The molecule has 1 fully saturated rings. The van der Waals surface area contributed by atoms with E-state index in [0.717, 1.165) is 19.3 Å². The molecule has 3 heteroatoms.